The van der Waals surface area contributed by atoms with E-state index in [4.69, 9.17) is 16.3 Å². The number of benzene rings is 2. The standard InChI is InChI=1S/C30H28ClF2N3O4S/c1-34-19-4-6-20(7-5-19)36(29(37)28-26(31)25-21(32)8-9-22(33)27(25)41-28)15-18-13-16(3-10-24(18)40-2)17-11-12-35-23(14-17)30(38)39/h3,8-14,19-20,34H,4-7,15H2,1-2H3,(H,38,39). The molecule has 5 rings (SSSR count). The smallest absolute Gasteiger partial charge is 0.354 e. The number of carbonyl (C=O) groups is 2. The molecule has 1 aliphatic rings. The zero-order chi connectivity index (χ0) is 29.3. The van der Waals surface area contributed by atoms with Crippen molar-refractivity contribution < 1.29 is 28.2 Å². The number of hydrogen-bond donors (Lipinski definition) is 2. The maximum atomic E-state index is 14.6. The zero-order valence-corrected chi connectivity index (χ0v) is 24.0. The maximum Gasteiger partial charge on any atom is 0.354 e. The van der Waals surface area contributed by atoms with Gasteiger partial charge in [-0.15, -0.1) is 11.3 Å². The average molecular weight is 600 g/mol. The number of aromatic nitrogens is 1. The number of methoxy groups -OCH3 is 1. The Hall–Kier alpha value is -3.60. The van der Waals surface area contributed by atoms with Crippen molar-refractivity contribution in [1.82, 2.24) is 15.2 Å². The van der Waals surface area contributed by atoms with E-state index in [1.54, 1.807) is 17.0 Å². The van der Waals surface area contributed by atoms with Crippen LogP contribution in [-0.2, 0) is 6.54 Å². The molecule has 0 saturated heterocycles. The molecule has 1 fully saturated rings. The Morgan fingerprint density at radius 1 is 1.10 bits per heavy atom. The van der Waals surface area contributed by atoms with Gasteiger partial charge in [0.15, 0.2) is 0 Å². The van der Waals surface area contributed by atoms with Crippen molar-refractivity contribution in [3.63, 3.8) is 0 Å². The fourth-order valence-corrected chi connectivity index (χ4v) is 6.91. The van der Waals surface area contributed by atoms with Gasteiger partial charge in [0, 0.05) is 30.4 Å². The second-order valence-corrected chi connectivity index (χ2v) is 11.4. The summed E-state index contributed by atoms with van der Waals surface area (Å²) in [6, 6.07) is 10.8. The van der Waals surface area contributed by atoms with E-state index in [1.807, 2.05) is 19.2 Å². The Balaban J connectivity index is 1.56. The summed E-state index contributed by atoms with van der Waals surface area (Å²) >= 11 is 7.38. The summed E-state index contributed by atoms with van der Waals surface area (Å²) < 4.78 is 34.9. The molecule has 0 bridgehead atoms. The number of carbonyl (C=O) groups excluding carboxylic acids is 1. The fourth-order valence-electron chi connectivity index (χ4n) is 5.40. The summed E-state index contributed by atoms with van der Waals surface area (Å²) in [6.07, 6.45) is 4.62. The summed E-state index contributed by atoms with van der Waals surface area (Å²) in [7, 11) is 3.45. The molecule has 0 unspecified atom stereocenters. The first kappa shape index (κ1) is 28.9. The molecule has 2 heterocycles. The first-order chi connectivity index (χ1) is 19.7. The minimum Gasteiger partial charge on any atom is -0.496 e. The highest BCUT2D eigenvalue weighted by Gasteiger charge is 2.33. The van der Waals surface area contributed by atoms with Crippen LogP contribution >= 0.6 is 22.9 Å². The SMILES string of the molecule is CNC1CCC(N(Cc2cc(-c3ccnc(C(=O)O)c3)ccc2OC)C(=O)c2sc3c(F)ccc(F)c3c2Cl)CC1. The normalized spacial score (nSPS) is 17.0. The second-order valence-electron chi connectivity index (χ2n) is 9.97. The third kappa shape index (κ3) is 5.77. The molecule has 0 aliphatic heterocycles. The summed E-state index contributed by atoms with van der Waals surface area (Å²) in [6.45, 7) is 0.150. The molecule has 7 nitrogen and oxygen atoms in total. The van der Waals surface area contributed by atoms with Gasteiger partial charge in [-0.2, -0.15) is 0 Å². The van der Waals surface area contributed by atoms with Gasteiger partial charge >= 0.3 is 5.97 Å². The molecule has 2 aromatic heterocycles. The lowest BCUT2D eigenvalue weighted by Crippen LogP contribution is -2.44. The van der Waals surface area contributed by atoms with Gasteiger partial charge in [-0.25, -0.2) is 18.6 Å². The number of rotatable bonds is 8. The van der Waals surface area contributed by atoms with Gasteiger partial charge in [-0.3, -0.25) is 4.79 Å². The van der Waals surface area contributed by atoms with E-state index in [-0.39, 0.29) is 38.3 Å². The number of pyridine rings is 1. The first-order valence-corrected chi connectivity index (χ1v) is 14.3. The Morgan fingerprint density at radius 3 is 2.46 bits per heavy atom. The Kier molecular flexibility index (Phi) is 8.53. The van der Waals surface area contributed by atoms with E-state index >= 15 is 0 Å². The number of aromatic carboxylic acids is 1. The Bertz CT molecular complexity index is 1620. The molecular formula is C30H28ClF2N3O4S. The first-order valence-electron chi connectivity index (χ1n) is 13.1. The number of nitrogens with zero attached hydrogens (tertiary/aromatic N) is 2. The van der Waals surface area contributed by atoms with Crippen LogP contribution in [0.15, 0.2) is 48.7 Å². The highest BCUT2D eigenvalue weighted by molar-refractivity contribution is 7.21. The number of carboxylic acids is 1. The van der Waals surface area contributed by atoms with Crippen molar-refractivity contribution in [2.75, 3.05) is 14.2 Å². The van der Waals surface area contributed by atoms with Crippen LogP contribution in [0.5, 0.6) is 5.75 Å². The minimum absolute atomic E-state index is 0.00342. The molecule has 11 heteroatoms. The molecule has 1 amide bonds. The van der Waals surface area contributed by atoms with Gasteiger partial charge in [0.2, 0.25) is 0 Å². The fraction of sp³-hybridized carbons (Fsp3) is 0.300. The number of ether oxygens (including phenoxy) is 1. The highest BCUT2D eigenvalue weighted by Crippen LogP contribution is 2.40. The summed E-state index contributed by atoms with van der Waals surface area (Å²) in [5, 5.41) is 12.5. The maximum absolute atomic E-state index is 14.6. The predicted molar refractivity (Wildman–Crippen MR) is 155 cm³/mol. The van der Waals surface area contributed by atoms with Crippen LogP contribution in [0.4, 0.5) is 8.78 Å². The summed E-state index contributed by atoms with van der Waals surface area (Å²) in [5.74, 6) is -2.33. The Labute approximate surface area is 244 Å². The van der Waals surface area contributed by atoms with Crippen LogP contribution in [0.25, 0.3) is 21.2 Å². The van der Waals surface area contributed by atoms with Gasteiger partial charge in [0.05, 0.1) is 22.2 Å². The molecule has 41 heavy (non-hydrogen) atoms. The van der Waals surface area contributed by atoms with Gasteiger partial charge < -0.3 is 20.1 Å². The van der Waals surface area contributed by atoms with E-state index in [0.717, 1.165) is 54.7 Å². The molecule has 0 atom stereocenters. The number of fused-ring (bicyclic) bond motifs is 1. The predicted octanol–water partition coefficient (Wildman–Crippen LogP) is 6.77. The Morgan fingerprint density at radius 2 is 1.80 bits per heavy atom. The molecule has 2 N–H and O–H groups in total. The molecule has 0 spiro atoms. The van der Waals surface area contributed by atoms with Gasteiger partial charge in [-0.05, 0) is 80.3 Å². The lowest BCUT2D eigenvalue weighted by atomic mass is 9.89. The quantitative estimate of drug-likeness (QED) is 0.232. The second kappa shape index (κ2) is 12.1. The van der Waals surface area contributed by atoms with Crippen LogP contribution in [-0.4, -0.2) is 53.1 Å². The zero-order valence-electron chi connectivity index (χ0n) is 22.4. The van der Waals surface area contributed by atoms with Crippen LogP contribution in [0, 0.1) is 11.6 Å². The van der Waals surface area contributed by atoms with Crippen molar-refractivity contribution >= 4 is 44.9 Å². The largest absolute Gasteiger partial charge is 0.496 e. The van der Waals surface area contributed by atoms with Gasteiger partial charge in [0.25, 0.3) is 5.91 Å². The van der Waals surface area contributed by atoms with Gasteiger partial charge in [-0.1, -0.05) is 17.7 Å². The van der Waals surface area contributed by atoms with E-state index in [0.29, 0.717) is 22.9 Å². The molecular weight excluding hydrogens is 572 g/mol. The molecule has 0 radical (unpaired) electrons. The number of thiophene rings is 1. The number of halogens is 3. The molecule has 214 valence electrons. The third-order valence-electron chi connectivity index (χ3n) is 7.62. The summed E-state index contributed by atoms with van der Waals surface area (Å²) in [4.78, 5) is 31.3. The van der Waals surface area contributed by atoms with Crippen LogP contribution < -0.4 is 10.1 Å². The lowest BCUT2D eigenvalue weighted by molar-refractivity contribution is 0.0604. The van der Waals surface area contributed by atoms with Crippen LogP contribution in [0.1, 0.15) is 51.4 Å². The molecule has 4 aromatic rings. The van der Waals surface area contributed by atoms with Crippen molar-refractivity contribution in [2.45, 2.75) is 44.3 Å². The minimum atomic E-state index is -1.14. The topological polar surface area (TPSA) is 91.8 Å². The lowest BCUT2D eigenvalue weighted by Gasteiger charge is -2.37. The van der Waals surface area contributed by atoms with E-state index < -0.39 is 23.5 Å². The van der Waals surface area contributed by atoms with Gasteiger partial charge in [0.1, 0.15) is 28.0 Å². The van der Waals surface area contributed by atoms with Crippen molar-refractivity contribution in [2.24, 2.45) is 0 Å². The number of amides is 1. The summed E-state index contributed by atoms with van der Waals surface area (Å²) in [5.41, 5.74) is 1.97. The third-order valence-corrected chi connectivity index (χ3v) is 9.29. The average Bonchev–Trinajstić information content (AvgIpc) is 3.35. The van der Waals surface area contributed by atoms with Crippen LogP contribution in [0.2, 0.25) is 5.02 Å². The number of nitrogens with one attached hydrogen (secondary N) is 1. The monoisotopic (exact) mass is 599 g/mol. The van der Waals surface area contributed by atoms with Crippen LogP contribution in [0.3, 0.4) is 0 Å². The van der Waals surface area contributed by atoms with Crippen molar-refractivity contribution in [3.8, 4) is 16.9 Å². The highest BCUT2D eigenvalue weighted by atomic mass is 35.5. The number of carboxylic acid groups (broad SMARTS) is 1. The number of hydrogen-bond acceptors (Lipinski definition) is 6. The van der Waals surface area contributed by atoms with E-state index in [9.17, 15) is 23.5 Å². The molecule has 1 aliphatic carbocycles. The van der Waals surface area contributed by atoms with E-state index in [1.165, 1.54) is 19.4 Å². The van der Waals surface area contributed by atoms with E-state index in [2.05, 4.69) is 10.3 Å². The van der Waals surface area contributed by atoms with Crippen molar-refractivity contribution in [1.29, 1.82) is 0 Å². The molecule has 1 saturated carbocycles. The molecule has 2 aromatic carbocycles. The van der Waals surface area contributed by atoms with Crippen molar-refractivity contribution in [3.05, 3.63) is 81.5 Å².